The molecule has 0 fully saturated rings. The second-order valence-corrected chi connectivity index (χ2v) is 3.96. The minimum Gasteiger partial charge on any atom is -0.0683 e. The van der Waals surface area contributed by atoms with Gasteiger partial charge >= 0.3 is 0 Å². The highest BCUT2D eigenvalue weighted by molar-refractivity contribution is 5.49. The first-order chi connectivity index (χ1) is 7.00. The molecule has 1 rings (SSSR count). The third kappa shape index (κ3) is 2.62. The van der Waals surface area contributed by atoms with Crippen LogP contribution in [-0.4, -0.2) is 0 Å². The van der Waals surface area contributed by atoms with Gasteiger partial charge in [-0.05, 0) is 74.4 Å². The zero-order chi connectivity index (χ0) is 12.2. The molecule has 0 aliphatic carbocycles. The van der Waals surface area contributed by atoms with E-state index in [2.05, 4.69) is 41.5 Å². The summed E-state index contributed by atoms with van der Waals surface area (Å²) >= 11 is 0. The Balaban J connectivity index is 0.000000921. The van der Waals surface area contributed by atoms with Gasteiger partial charge in [0, 0.05) is 0 Å². The molecule has 15 heavy (non-hydrogen) atoms. The fourth-order valence-corrected chi connectivity index (χ4v) is 2.11. The summed E-state index contributed by atoms with van der Waals surface area (Å²) in [4.78, 5) is 0. The number of hydrogen-bond acceptors (Lipinski definition) is 0. The summed E-state index contributed by atoms with van der Waals surface area (Å²) in [5, 5.41) is 0. The molecule has 0 heteroatoms. The smallest absolute Gasteiger partial charge is 0.0302 e. The fraction of sp³-hybridized carbons (Fsp3) is 0.600. The molecule has 0 aromatic heterocycles. The van der Waals surface area contributed by atoms with Crippen LogP contribution in [0.5, 0.6) is 0 Å². The lowest BCUT2D eigenvalue weighted by molar-refractivity contribution is 1.03. The van der Waals surface area contributed by atoms with Gasteiger partial charge in [-0.15, -0.1) is 0 Å². The van der Waals surface area contributed by atoms with Crippen LogP contribution in [-0.2, 0) is 6.42 Å². The van der Waals surface area contributed by atoms with E-state index >= 15 is 0 Å². The molecular formula is C15H26. The van der Waals surface area contributed by atoms with Crippen LogP contribution in [0, 0.1) is 34.6 Å². The highest BCUT2D eigenvalue weighted by atomic mass is 14.1. The summed E-state index contributed by atoms with van der Waals surface area (Å²) in [5.74, 6) is 0. The Kier molecular flexibility index (Phi) is 5.64. The topological polar surface area (TPSA) is 0 Å². The second kappa shape index (κ2) is 5.95. The van der Waals surface area contributed by atoms with Gasteiger partial charge in [0.25, 0.3) is 0 Å². The molecule has 1 aromatic rings. The van der Waals surface area contributed by atoms with Crippen LogP contribution >= 0.6 is 0 Å². The van der Waals surface area contributed by atoms with Crippen molar-refractivity contribution < 1.29 is 0 Å². The van der Waals surface area contributed by atoms with E-state index in [9.17, 15) is 0 Å². The van der Waals surface area contributed by atoms with Crippen molar-refractivity contribution in [2.24, 2.45) is 0 Å². The summed E-state index contributed by atoms with van der Waals surface area (Å²) in [6, 6.07) is 0. The molecule has 0 aliphatic heterocycles. The number of hydrogen-bond donors (Lipinski definition) is 0. The molecule has 0 amide bonds. The number of benzene rings is 1. The lowest BCUT2D eigenvalue weighted by Crippen LogP contribution is -2.01. The monoisotopic (exact) mass is 206 g/mol. The Hall–Kier alpha value is -0.780. The van der Waals surface area contributed by atoms with Crippen LogP contribution in [0.4, 0.5) is 0 Å². The van der Waals surface area contributed by atoms with E-state index in [0.29, 0.717) is 0 Å². The van der Waals surface area contributed by atoms with Crippen molar-refractivity contribution >= 4 is 0 Å². The first kappa shape index (κ1) is 14.2. The van der Waals surface area contributed by atoms with Gasteiger partial charge in [-0.25, -0.2) is 0 Å². The van der Waals surface area contributed by atoms with E-state index in [1.807, 2.05) is 13.8 Å². The lowest BCUT2D eigenvalue weighted by Gasteiger charge is -2.17. The third-order valence-corrected chi connectivity index (χ3v) is 3.51. The van der Waals surface area contributed by atoms with Crippen LogP contribution in [0.15, 0.2) is 0 Å². The zero-order valence-electron chi connectivity index (χ0n) is 11.7. The summed E-state index contributed by atoms with van der Waals surface area (Å²) < 4.78 is 0. The van der Waals surface area contributed by atoms with E-state index in [-0.39, 0.29) is 0 Å². The molecule has 0 bridgehead atoms. The summed E-state index contributed by atoms with van der Waals surface area (Å²) in [6.45, 7) is 17.4. The maximum absolute atomic E-state index is 2.24. The molecule has 0 saturated carbocycles. The van der Waals surface area contributed by atoms with E-state index < -0.39 is 0 Å². The minimum absolute atomic E-state index is 1.15. The van der Waals surface area contributed by atoms with Crippen molar-refractivity contribution in [2.45, 2.75) is 61.8 Å². The van der Waals surface area contributed by atoms with E-state index in [4.69, 9.17) is 0 Å². The molecule has 0 heterocycles. The predicted molar refractivity (Wildman–Crippen MR) is 70.9 cm³/mol. The van der Waals surface area contributed by atoms with Crippen molar-refractivity contribution in [1.82, 2.24) is 0 Å². The van der Waals surface area contributed by atoms with Crippen molar-refractivity contribution in [1.29, 1.82) is 0 Å². The van der Waals surface area contributed by atoms with Crippen LogP contribution in [0.25, 0.3) is 0 Å². The van der Waals surface area contributed by atoms with Crippen LogP contribution in [0.1, 0.15) is 54.2 Å². The molecule has 0 N–H and O–H groups in total. The normalized spacial score (nSPS) is 9.60. The van der Waals surface area contributed by atoms with Gasteiger partial charge < -0.3 is 0 Å². The van der Waals surface area contributed by atoms with Crippen LogP contribution in [0.3, 0.4) is 0 Å². The first-order valence-electron chi connectivity index (χ1n) is 6.06. The van der Waals surface area contributed by atoms with Gasteiger partial charge in [0.15, 0.2) is 0 Å². The Labute approximate surface area is 95.7 Å². The number of rotatable bonds is 1. The zero-order valence-corrected chi connectivity index (χ0v) is 11.7. The minimum atomic E-state index is 1.15. The van der Waals surface area contributed by atoms with Crippen molar-refractivity contribution in [3.05, 3.63) is 33.4 Å². The van der Waals surface area contributed by atoms with E-state index in [0.717, 1.165) is 6.42 Å². The Bertz CT molecular complexity index is 303. The van der Waals surface area contributed by atoms with Crippen molar-refractivity contribution in [3.63, 3.8) is 0 Å². The van der Waals surface area contributed by atoms with Crippen LogP contribution in [0.2, 0.25) is 0 Å². The third-order valence-electron chi connectivity index (χ3n) is 3.51. The maximum Gasteiger partial charge on any atom is -0.0302 e. The Morgan fingerprint density at radius 3 is 1.13 bits per heavy atom. The molecular weight excluding hydrogens is 180 g/mol. The van der Waals surface area contributed by atoms with Gasteiger partial charge in [0.2, 0.25) is 0 Å². The Morgan fingerprint density at radius 2 is 0.867 bits per heavy atom. The molecule has 0 saturated heterocycles. The molecule has 0 nitrogen and oxygen atoms in total. The fourth-order valence-electron chi connectivity index (χ4n) is 2.11. The van der Waals surface area contributed by atoms with Gasteiger partial charge in [0.05, 0.1) is 0 Å². The summed E-state index contributed by atoms with van der Waals surface area (Å²) in [7, 11) is 0. The largest absolute Gasteiger partial charge is 0.0683 e. The molecule has 0 spiro atoms. The maximum atomic E-state index is 2.24. The van der Waals surface area contributed by atoms with Gasteiger partial charge in [-0.3, -0.25) is 0 Å². The Morgan fingerprint density at radius 1 is 0.600 bits per heavy atom. The quantitative estimate of drug-likeness (QED) is 0.618. The van der Waals surface area contributed by atoms with Crippen molar-refractivity contribution in [3.8, 4) is 0 Å². The second-order valence-electron chi connectivity index (χ2n) is 3.96. The molecule has 86 valence electrons. The van der Waals surface area contributed by atoms with Crippen molar-refractivity contribution in [2.75, 3.05) is 0 Å². The van der Waals surface area contributed by atoms with E-state index in [1.165, 1.54) is 27.8 Å². The van der Waals surface area contributed by atoms with Crippen LogP contribution < -0.4 is 0 Å². The predicted octanol–water partition coefficient (Wildman–Crippen LogP) is 4.82. The molecule has 1 aromatic carbocycles. The van der Waals surface area contributed by atoms with Gasteiger partial charge in [0.1, 0.15) is 0 Å². The molecule has 0 aliphatic rings. The average Bonchev–Trinajstić information content (AvgIpc) is 2.27. The molecule has 0 radical (unpaired) electrons. The highest BCUT2D eigenvalue weighted by Gasteiger charge is 2.09. The molecule has 0 atom stereocenters. The standard InChI is InChI=1S/C13H20.C2H6/c1-7-13-11(5)9(3)8(2)10(4)12(13)6;1-2/h7H2,1-6H3;1-2H3. The summed E-state index contributed by atoms with van der Waals surface area (Å²) in [6.07, 6.45) is 1.15. The first-order valence-corrected chi connectivity index (χ1v) is 6.06. The SMILES string of the molecule is CC.CCc1c(C)c(C)c(C)c(C)c1C. The van der Waals surface area contributed by atoms with E-state index in [1.54, 1.807) is 5.56 Å². The van der Waals surface area contributed by atoms with Gasteiger partial charge in [-0.1, -0.05) is 20.8 Å². The summed E-state index contributed by atoms with van der Waals surface area (Å²) in [5.41, 5.74) is 8.93. The highest BCUT2D eigenvalue weighted by Crippen LogP contribution is 2.25. The van der Waals surface area contributed by atoms with Gasteiger partial charge in [-0.2, -0.15) is 0 Å². The average molecular weight is 206 g/mol. The molecule has 0 unspecified atom stereocenters. The lowest BCUT2D eigenvalue weighted by atomic mass is 9.89.